The van der Waals surface area contributed by atoms with Gasteiger partial charge in [-0.1, -0.05) is 6.92 Å². The number of piperidine rings is 1. The van der Waals surface area contributed by atoms with Crippen LogP contribution >= 0.6 is 0 Å². The lowest BCUT2D eigenvalue weighted by atomic mass is 10.1. The Morgan fingerprint density at radius 3 is 3.15 bits per heavy atom. The van der Waals surface area contributed by atoms with Crippen molar-refractivity contribution in [3.05, 3.63) is 24.0 Å². The molecule has 1 aliphatic heterocycles. The first-order valence-electron chi connectivity index (χ1n) is 7.38. The fourth-order valence-corrected chi connectivity index (χ4v) is 2.54. The van der Waals surface area contributed by atoms with E-state index in [1.165, 1.54) is 0 Å². The van der Waals surface area contributed by atoms with Gasteiger partial charge in [-0.2, -0.15) is 0 Å². The molecule has 1 amide bonds. The molecule has 1 aromatic heterocycles. The van der Waals surface area contributed by atoms with E-state index >= 15 is 0 Å². The number of amides is 1. The van der Waals surface area contributed by atoms with Gasteiger partial charge >= 0.3 is 0 Å². The number of hydrogen-bond donors (Lipinski definition) is 2. The van der Waals surface area contributed by atoms with Crippen molar-refractivity contribution in [2.24, 2.45) is 0 Å². The topological polar surface area (TPSA) is 57.3 Å². The average molecular weight is 276 g/mol. The highest BCUT2D eigenvalue weighted by Crippen LogP contribution is 2.15. The molecule has 1 unspecified atom stereocenters. The quantitative estimate of drug-likeness (QED) is 0.860. The van der Waals surface area contributed by atoms with Crippen LogP contribution in [0.5, 0.6) is 0 Å². The van der Waals surface area contributed by atoms with E-state index in [2.05, 4.69) is 34.5 Å². The van der Waals surface area contributed by atoms with Crippen LogP contribution in [0.2, 0.25) is 0 Å². The Kier molecular flexibility index (Phi) is 5.35. The zero-order valence-electron chi connectivity index (χ0n) is 12.4. The highest BCUT2D eigenvalue weighted by Gasteiger charge is 2.20. The monoisotopic (exact) mass is 276 g/mol. The van der Waals surface area contributed by atoms with Crippen LogP contribution in [-0.4, -0.2) is 48.5 Å². The molecule has 110 valence electrons. The zero-order valence-corrected chi connectivity index (χ0v) is 12.4. The molecule has 5 heteroatoms. The van der Waals surface area contributed by atoms with Crippen molar-refractivity contribution in [1.29, 1.82) is 0 Å². The first kappa shape index (κ1) is 14.8. The number of likely N-dealkylation sites (N-methyl/N-ethyl adjacent to an activating group) is 1. The Balaban J connectivity index is 2.01. The normalized spacial score (nSPS) is 19.6. The second-order valence-electron chi connectivity index (χ2n) is 5.42. The minimum atomic E-state index is -0.0306. The number of carbonyl (C=O) groups excluding carboxylic acids is 1. The molecule has 1 atom stereocenters. The Morgan fingerprint density at radius 1 is 1.55 bits per heavy atom. The lowest BCUT2D eigenvalue weighted by molar-refractivity contribution is 0.0913. The van der Waals surface area contributed by atoms with Crippen LogP contribution in [0.25, 0.3) is 0 Å². The highest BCUT2D eigenvalue weighted by molar-refractivity contribution is 5.99. The number of anilines is 1. The van der Waals surface area contributed by atoms with Crippen molar-refractivity contribution in [1.82, 2.24) is 15.2 Å². The summed E-state index contributed by atoms with van der Waals surface area (Å²) in [5.74, 6) is -0.0306. The summed E-state index contributed by atoms with van der Waals surface area (Å²) in [4.78, 5) is 18.7. The Bertz CT molecular complexity index is 449. The number of likely N-dealkylation sites (tertiary alicyclic amines) is 1. The predicted molar refractivity (Wildman–Crippen MR) is 81.0 cm³/mol. The van der Waals surface area contributed by atoms with E-state index < -0.39 is 0 Å². The SMILES string of the molecule is CCCNc1ccncc1C(=O)NC1CCCN(C)C1. The third-order valence-electron chi connectivity index (χ3n) is 3.59. The molecule has 1 aliphatic rings. The number of rotatable bonds is 5. The maximum absolute atomic E-state index is 12.4. The lowest BCUT2D eigenvalue weighted by Gasteiger charge is -2.30. The summed E-state index contributed by atoms with van der Waals surface area (Å²) in [6.07, 6.45) is 6.56. The van der Waals surface area contributed by atoms with E-state index in [1.807, 2.05) is 6.07 Å². The molecule has 1 saturated heterocycles. The summed E-state index contributed by atoms with van der Waals surface area (Å²) in [5, 5.41) is 6.40. The van der Waals surface area contributed by atoms with Gasteiger partial charge < -0.3 is 15.5 Å². The molecule has 1 aromatic rings. The Labute approximate surface area is 120 Å². The molecule has 0 radical (unpaired) electrons. The maximum Gasteiger partial charge on any atom is 0.255 e. The second-order valence-corrected chi connectivity index (χ2v) is 5.42. The molecule has 0 aliphatic carbocycles. The summed E-state index contributed by atoms with van der Waals surface area (Å²) >= 11 is 0. The molecule has 0 bridgehead atoms. The van der Waals surface area contributed by atoms with Crippen molar-refractivity contribution < 1.29 is 4.79 Å². The predicted octanol–water partition coefficient (Wildman–Crippen LogP) is 1.73. The van der Waals surface area contributed by atoms with Gasteiger partial charge in [-0.05, 0) is 38.9 Å². The molecule has 5 nitrogen and oxygen atoms in total. The fraction of sp³-hybridized carbons (Fsp3) is 0.600. The number of carbonyl (C=O) groups is 1. The number of hydrogen-bond acceptors (Lipinski definition) is 4. The summed E-state index contributed by atoms with van der Waals surface area (Å²) in [7, 11) is 2.09. The molecule has 1 fully saturated rings. The van der Waals surface area contributed by atoms with Gasteiger partial charge in [-0.3, -0.25) is 9.78 Å². The summed E-state index contributed by atoms with van der Waals surface area (Å²) < 4.78 is 0. The van der Waals surface area contributed by atoms with Gasteiger partial charge in [0.1, 0.15) is 0 Å². The Hall–Kier alpha value is -1.62. The summed E-state index contributed by atoms with van der Waals surface area (Å²) in [5.41, 5.74) is 1.50. The summed E-state index contributed by atoms with van der Waals surface area (Å²) in [6, 6.07) is 2.10. The van der Waals surface area contributed by atoms with Gasteiger partial charge in [0.25, 0.3) is 5.91 Å². The van der Waals surface area contributed by atoms with E-state index in [-0.39, 0.29) is 11.9 Å². The third kappa shape index (κ3) is 3.93. The van der Waals surface area contributed by atoms with Crippen molar-refractivity contribution in [2.75, 3.05) is 32.0 Å². The Morgan fingerprint density at radius 2 is 2.40 bits per heavy atom. The smallest absolute Gasteiger partial charge is 0.255 e. The number of nitrogens with zero attached hydrogens (tertiary/aromatic N) is 2. The van der Waals surface area contributed by atoms with Crippen LogP contribution < -0.4 is 10.6 Å². The van der Waals surface area contributed by atoms with E-state index in [0.29, 0.717) is 5.56 Å². The molecule has 0 spiro atoms. The summed E-state index contributed by atoms with van der Waals surface area (Å²) in [6.45, 7) is 4.99. The molecular weight excluding hydrogens is 252 g/mol. The van der Waals surface area contributed by atoms with Crippen LogP contribution in [-0.2, 0) is 0 Å². The highest BCUT2D eigenvalue weighted by atomic mass is 16.1. The number of aromatic nitrogens is 1. The van der Waals surface area contributed by atoms with Crippen molar-refractivity contribution in [3.8, 4) is 0 Å². The van der Waals surface area contributed by atoms with Gasteiger partial charge in [0, 0.05) is 31.5 Å². The van der Waals surface area contributed by atoms with Crippen LogP contribution in [0.3, 0.4) is 0 Å². The maximum atomic E-state index is 12.4. The lowest BCUT2D eigenvalue weighted by Crippen LogP contribution is -2.46. The van der Waals surface area contributed by atoms with Crippen LogP contribution in [0.1, 0.15) is 36.5 Å². The van der Waals surface area contributed by atoms with Crippen molar-refractivity contribution in [2.45, 2.75) is 32.2 Å². The molecule has 2 rings (SSSR count). The minimum absolute atomic E-state index is 0.0306. The zero-order chi connectivity index (χ0) is 14.4. The van der Waals surface area contributed by atoms with E-state index in [1.54, 1.807) is 12.4 Å². The third-order valence-corrected chi connectivity index (χ3v) is 3.59. The fourth-order valence-electron chi connectivity index (χ4n) is 2.54. The standard InChI is InChI=1S/C15H24N4O/c1-3-7-17-14-6-8-16-10-13(14)15(20)18-12-5-4-9-19(2)11-12/h6,8,10,12H,3-5,7,9,11H2,1-2H3,(H,16,17)(H,18,20). The van der Waals surface area contributed by atoms with Gasteiger partial charge in [-0.15, -0.1) is 0 Å². The first-order chi connectivity index (χ1) is 9.70. The second kappa shape index (κ2) is 7.24. The van der Waals surface area contributed by atoms with Gasteiger partial charge in [0.05, 0.1) is 11.3 Å². The van der Waals surface area contributed by atoms with E-state index in [0.717, 1.165) is 44.6 Å². The van der Waals surface area contributed by atoms with Gasteiger partial charge in [-0.25, -0.2) is 0 Å². The molecular formula is C15H24N4O. The van der Waals surface area contributed by atoms with Crippen LogP contribution in [0, 0.1) is 0 Å². The van der Waals surface area contributed by atoms with Crippen LogP contribution in [0.4, 0.5) is 5.69 Å². The number of pyridine rings is 1. The van der Waals surface area contributed by atoms with Gasteiger partial charge in [0.15, 0.2) is 0 Å². The average Bonchev–Trinajstić information content (AvgIpc) is 2.45. The molecule has 2 N–H and O–H groups in total. The van der Waals surface area contributed by atoms with Crippen LogP contribution in [0.15, 0.2) is 18.5 Å². The van der Waals surface area contributed by atoms with E-state index in [9.17, 15) is 4.79 Å². The van der Waals surface area contributed by atoms with Gasteiger partial charge in [0.2, 0.25) is 0 Å². The van der Waals surface area contributed by atoms with E-state index in [4.69, 9.17) is 0 Å². The molecule has 0 saturated carbocycles. The molecule has 2 heterocycles. The minimum Gasteiger partial charge on any atom is -0.384 e. The van der Waals surface area contributed by atoms with Crippen molar-refractivity contribution >= 4 is 11.6 Å². The molecule has 20 heavy (non-hydrogen) atoms. The first-order valence-corrected chi connectivity index (χ1v) is 7.38. The largest absolute Gasteiger partial charge is 0.384 e. The molecule has 0 aromatic carbocycles. The van der Waals surface area contributed by atoms with Crippen molar-refractivity contribution in [3.63, 3.8) is 0 Å². The number of nitrogens with one attached hydrogen (secondary N) is 2.